The standard InChI is InChI=1S/C13H14ClIN2O3/c1-13(2,3)20-12(19)10(17-16)11(18)8-5-4-7(14)6-9(8)15/h4-6,11,18H,1-3H3. The molecule has 1 atom stereocenters. The number of ether oxygens (including phenoxy) is 1. The van der Waals surface area contributed by atoms with Crippen molar-refractivity contribution in [3.8, 4) is 0 Å². The largest absolute Gasteiger partial charge is 0.451 e. The smallest absolute Gasteiger partial charge is 0.420 e. The zero-order chi connectivity index (χ0) is 15.5. The van der Waals surface area contributed by atoms with Gasteiger partial charge in [0.05, 0.1) is 0 Å². The molecule has 0 spiro atoms. The number of hydrogen-bond donors (Lipinski definition) is 1. The molecule has 0 amide bonds. The Morgan fingerprint density at radius 2 is 2.10 bits per heavy atom. The zero-order valence-corrected chi connectivity index (χ0v) is 14.1. The Labute approximate surface area is 135 Å². The van der Waals surface area contributed by atoms with Crippen LogP contribution in [0.5, 0.6) is 0 Å². The minimum Gasteiger partial charge on any atom is -0.451 e. The van der Waals surface area contributed by atoms with Gasteiger partial charge in [-0.3, -0.25) is 0 Å². The maximum Gasteiger partial charge on any atom is 0.420 e. The quantitative estimate of drug-likeness (QED) is 0.274. The van der Waals surface area contributed by atoms with E-state index in [1.165, 1.54) is 0 Å². The molecule has 0 aliphatic heterocycles. The first-order chi connectivity index (χ1) is 9.15. The van der Waals surface area contributed by atoms with Crippen molar-refractivity contribution in [1.82, 2.24) is 0 Å². The van der Waals surface area contributed by atoms with E-state index in [4.69, 9.17) is 21.9 Å². The van der Waals surface area contributed by atoms with Gasteiger partial charge in [0.2, 0.25) is 0 Å². The first-order valence-electron chi connectivity index (χ1n) is 5.74. The highest BCUT2D eigenvalue weighted by Crippen LogP contribution is 2.25. The highest BCUT2D eigenvalue weighted by molar-refractivity contribution is 14.1. The molecule has 1 rings (SSSR count). The third kappa shape index (κ3) is 4.56. The van der Waals surface area contributed by atoms with E-state index in [9.17, 15) is 9.90 Å². The van der Waals surface area contributed by atoms with Gasteiger partial charge in [-0.15, -0.1) is 0 Å². The molecule has 0 aliphatic rings. The number of aliphatic hydroxyl groups is 1. The molecular formula is C13H14ClIN2O3. The van der Waals surface area contributed by atoms with E-state index in [0.717, 1.165) is 0 Å². The average molecular weight is 409 g/mol. The number of aliphatic hydroxyl groups excluding tert-OH is 1. The van der Waals surface area contributed by atoms with Gasteiger partial charge in [-0.2, -0.15) is 4.79 Å². The minimum atomic E-state index is -1.39. The maximum absolute atomic E-state index is 11.9. The molecule has 0 aliphatic carbocycles. The van der Waals surface area contributed by atoms with Crippen LogP contribution in [0.3, 0.4) is 0 Å². The van der Waals surface area contributed by atoms with E-state index in [1.807, 2.05) is 22.6 Å². The molecule has 1 aromatic rings. The Morgan fingerprint density at radius 1 is 1.50 bits per heavy atom. The van der Waals surface area contributed by atoms with E-state index in [-0.39, 0.29) is 0 Å². The molecule has 1 N–H and O–H groups in total. The minimum absolute atomic E-state index is 0.411. The average Bonchev–Trinajstić information content (AvgIpc) is 2.26. The number of hydrogen-bond acceptors (Lipinski definition) is 3. The lowest BCUT2D eigenvalue weighted by molar-refractivity contribution is -0.152. The third-order valence-electron chi connectivity index (χ3n) is 2.23. The topological polar surface area (TPSA) is 82.9 Å². The fourth-order valence-corrected chi connectivity index (χ4v) is 2.57. The first-order valence-corrected chi connectivity index (χ1v) is 7.19. The molecule has 0 bridgehead atoms. The summed E-state index contributed by atoms with van der Waals surface area (Å²) in [6.07, 6.45) is -1.39. The molecule has 1 unspecified atom stereocenters. The lowest BCUT2D eigenvalue weighted by Crippen LogP contribution is -2.33. The number of carbonyl (C=O) groups is 1. The molecule has 7 heteroatoms. The molecule has 0 saturated heterocycles. The van der Waals surface area contributed by atoms with Gasteiger partial charge in [-0.05, 0) is 55.5 Å². The van der Waals surface area contributed by atoms with Gasteiger partial charge >= 0.3 is 11.7 Å². The van der Waals surface area contributed by atoms with Crippen molar-refractivity contribution in [2.24, 2.45) is 0 Å². The Kier molecular flexibility index (Phi) is 5.70. The number of rotatable bonds is 3. The second kappa shape index (κ2) is 6.67. The highest BCUT2D eigenvalue weighted by atomic mass is 127. The summed E-state index contributed by atoms with van der Waals surface area (Å²) < 4.78 is 5.72. The molecule has 1 aromatic carbocycles. The van der Waals surface area contributed by atoms with Crippen LogP contribution >= 0.6 is 34.2 Å². The van der Waals surface area contributed by atoms with Gasteiger partial charge in [0.25, 0.3) is 0 Å². The van der Waals surface area contributed by atoms with Crippen LogP contribution in [0.15, 0.2) is 18.2 Å². The molecule has 5 nitrogen and oxygen atoms in total. The van der Waals surface area contributed by atoms with Crippen LogP contribution in [0.4, 0.5) is 0 Å². The molecule has 0 heterocycles. The predicted octanol–water partition coefficient (Wildman–Crippen LogP) is 2.99. The van der Waals surface area contributed by atoms with Crippen molar-refractivity contribution in [3.05, 3.63) is 37.9 Å². The van der Waals surface area contributed by atoms with E-state index in [0.29, 0.717) is 14.2 Å². The SMILES string of the molecule is CC(C)(C)OC(=O)C(=[N+]=[N-])C(O)c1ccc(Cl)cc1I. The van der Waals surface area contributed by atoms with Crippen molar-refractivity contribution >= 4 is 45.9 Å². The predicted molar refractivity (Wildman–Crippen MR) is 83.6 cm³/mol. The van der Waals surface area contributed by atoms with Gasteiger partial charge in [-0.1, -0.05) is 17.7 Å². The summed E-state index contributed by atoms with van der Waals surface area (Å²) >= 11 is 7.80. The van der Waals surface area contributed by atoms with Crippen molar-refractivity contribution < 1.29 is 19.4 Å². The molecule has 0 aromatic heterocycles. The zero-order valence-electron chi connectivity index (χ0n) is 11.2. The third-order valence-corrected chi connectivity index (χ3v) is 3.40. The summed E-state index contributed by atoms with van der Waals surface area (Å²) in [6.45, 7) is 5.04. The van der Waals surface area contributed by atoms with Crippen molar-refractivity contribution in [1.29, 1.82) is 0 Å². The number of halogens is 2. The number of nitrogens with zero attached hydrogens (tertiary/aromatic N) is 2. The summed E-state index contributed by atoms with van der Waals surface area (Å²) in [5.41, 5.74) is 8.16. The van der Waals surface area contributed by atoms with Crippen LogP contribution in [0.2, 0.25) is 5.02 Å². The van der Waals surface area contributed by atoms with E-state index in [2.05, 4.69) is 4.79 Å². The van der Waals surface area contributed by atoms with E-state index in [1.54, 1.807) is 39.0 Å². The van der Waals surface area contributed by atoms with Crippen LogP contribution in [-0.2, 0) is 9.53 Å². The summed E-state index contributed by atoms with van der Waals surface area (Å²) in [7, 11) is 0. The van der Waals surface area contributed by atoms with Crippen LogP contribution in [0.1, 0.15) is 32.4 Å². The van der Waals surface area contributed by atoms with Crippen molar-refractivity contribution in [2.45, 2.75) is 32.5 Å². The number of esters is 1. The monoisotopic (exact) mass is 408 g/mol. The summed E-state index contributed by atoms with van der Waals surface area (Å²) in [6, 6.07) is 4.77. The number of benzene rings is 1. The van der Waals surface area contributed by atoms with Crippen LogP contribution in [0.25, 0.3) is 5.53 Å². The molecule has 0 saturated carbocycles. The van der Waals surface area contributed by atoms with E-state index < -0.39 is 23.4 Å². The lowest BCUT2D eigenvalue weighted by atomic mass is 10.0. The Balaban J connectivity index is 3.07. The van der Waals surface area contributed by atoms with Crippen molar-refractivity contribution in [3.63, 3.8) is 0 Å². The first kappa shape index (κ1) is 17.1. The second-order valence-corrected chi connectivity index (χ2v) is 6.65. The fourth-order valence-electron chi connectivity index (χ4n) is 1.41. The van der Waals surface area contributed by atoms with Crippen LogP contribution < -0.4 is 0 Å². The Bertz CT molecular complexity index is 577. The number of carbonyl (C=O) groups excluding carboxylic acids is 1. The Hall–Kier alpha value is -0.950. The fraction of sp³-hybridized carbons (Fsp3) is 0.385. The van der Waals surface area contributed by atoms with Crippen molar-refractivity contribution in [2.75, 3.05) is 0 Å². The van der Waals surface area contributed by atoms with Gasteiger partial charge in [-0.25, -0.2) is 4.79 Å². The van der Waals surface area contributed by atoms with E-state index >= 15 is 0 Å². The molecule has 108 valence electrons. The highest BCUT2D eigenvalue weighted by Gasteiger charge is 2.36. The normalized spacial score (nSPS) is 12.5. The molecule has 20 heavy (non-hydrogen) atoms. The second-order valence-electron chi connectivity index (χ2n) is 5.06. The van der Waals surface area contributed by atoms with Gasteiger partial charge in [0.1, 0.15) is 5.60 Å². The molecule has 0 fully saturated rings. The van der Waals surface area contributed by atoms with Gasteiger partial charge < -0.3 is 15.4 Å². The molecular weight excluding hydrogens is 395 g/mol. The lowest BCUT2D eigenvalue weighted by Gasteiger charge is -2.18. The summed E-state index contributed by atoms with van der Waals surface area (Å²) in [5.74, 6) is -0.877. The summed E-state index contributed by atoms with van der Waals surface area (Å²) in [5, 5.41) is 10.7. The summed E-state index contributed by atoms with van der Waals surface area (Å²) in [4.78, 5) is 14.7. The molecule has 0 radical (unpaired) electrons. The van der Waals surface area contributed by atoms with Gasteiger partial charge in [0, 0.05) is 14.2 Å². The Morgan fingerprint density at radius 3 is 2.55 bits per heavy atom. The maximum atomic E-state index is 11.9. The van der Waals surface area contributed by atoms with Crippen LogP contribution in [-0.4, -0.2) is 27.2 Å². The van der Waals surface area contributed by atoms with Gasteiger partial charge in [0.15, 0.2) is 6.10 Å². The van der Waals surface area contributed by atoms with Crippen LogP contribution in [0, 0.1) is 3.57 Å².